The number of halogens is 1. The molecule has 0 radical (unpaired) electrons. The minimum absolute atomic E-state index is 0.248. The lowest BCUT2D eigenvalue weighted by Crippen LogP contribution is -2.44. The molecule has 3 rings (SSSR count). The molecule has 2 N–H and O–H groups in total. The molecule has 1 heterocycles. The van der Waals surface area contributed by atoms with Crippen molar-refractivity contribution in [2.45, 2.75) is 51.0 Å². The third-order valence-corrected chi connectivity index (χ3v) is 5.51. The first-order valence-corrected chi connectivity index (χ1v) is 10.5. The molecular weight excluding hydrogens is 420 g/mol. The van der Waals surface area contributed by atoms with Gasteiger partial charge in [-0.05, 0) is 38.0 Å². The summed E-state index contributed by atoms with van der Waals surface area (Å²) in [6.07, 6.45) is -0.744. The molecule has 1 amide bonds. The van der Waals surface area contributed by atoms with Crippen LogP contribution >= 0.6 is 11.6 Å². The molecule has 3 atom stereocenters. The standard InChI is InChI=1S/C23H27ClN2O5/c1-14(2)31-23(29)26-19(22(27)28)12-18(21(26)15-7-5-4-6-8-15)25-13-16-9-10-17(24)11-20(16)30-3/h4-11,14,18-19,21,25H,12-13H2,1-3H3,(H,27,28). The fraction of sp³-hybridized carbons (Fsp3) is 0.391. The Kier molecular flexibility index (Phi) is 7.41. The number of likely N-dealkylation sites (tertiary alicyclic amines) is 1. The van der Waals surface area contributed by atoms with E-state index < -0.39 is 24.1 Å². The zero-order valence-corrected chi connectivity index (χ0v) is 18.5. The highest BCUT2D eigenvalue weighted by atomic mass is 35.5. The maximum absolute atomic E-state index is 12.9. The summed E-state index contributed by atoms with van der Waals surface area (Å²) in [5.74, 6) is -0.421. The molecule has 1 aliphatic heterocycles. The number of carbonyl (C=O) groups is 2. The predicted molar refractivity (Wildman–Crippen MR) is 117 cm³/mol. The van der Waals surface area contributed by atoms with Gasteiger partial charge in [0.15, 0.2) is 0 Å². The Balaban J connectivity index is 1.92. The summed E-state index contributed by atoms with van der Waals surface area (Å²) in [7, 11) is 1.57. The van der Waals surface area contributed by atoms with Crippen molar-refractivity contribution >= 4 is 23.7 Å². The highest BCUT2D eigenvalue weighted by molar-refractivity contribution is 6.30. The first-order valence-electron chi connectivity index (χ1n) is 10.1. The molecule has 0 saturated carbocycles. The minimum atomic E-state index is -1.06. The van der Waals surface area contributed by atoms with E-state index in [1.165, 1.54) is 4.90 Å². The van der Waals surface area contributed by atoms with Crippen LogP contribution in [0.1, 0.15) is 37.4 Å². The van der Waals surface area contributed by atoms with E-state index in [-0.39, 0.29) is 18.6 Å². The number of aliphatic carboxylic acids is 1. The lowest BCUT2D eigenvalue weighted by Gasteiger charge is -2.31. The fourth-order valence-corrected chi connectivity index (χ4v) is 4.10. The Morgan fingerprint density at radius 3 is 2.55 bits per heavy atom. The first-order chi connectivity index (χ1) is 14.8. The van der Waals surface area contributed by atoms with E-state index in [2.05, 4.69) is 5.32 Å². The Morgan fingerprint density at radius 2 is 1.94 bits per heavy atom. The van der Waals surface area contributed by atoms with Gasteiger partial charge in [0.05, 0.1) is 19.3 Å². The van der Waals surface area contributed by atoms with Gasteiger partial charge in [-0.15, -0.1) is 0 Å². The molecule has 0 aromatic heterocycles. The number of amides is 1. The highest BCUT2D eigenvalue weighted by Gasteiger charge is 2.48. The molecule has 0 aliphatic carbocycles. The number of methoxy groups -OCH3 is 1. The van der Waals surface area contributed by atoms with Crippen molar-refractivity contribution < 1.29 is 24.2 Å². The molecule has 8 heteroatoms. The van der Waals surface area contributed by atoms with Crippen LogP contribution in [0.3, 0.4) is 0 Å². The maximum Gasteiger partial charge on any atom is 0.411 e. The van der Waals surface area contributed by atoms with Crippen LogP contribution in [0.2, 0.25) is 5.02 Å². The highest BCUT2D eigenvalue weighted by Crippen LogP contribution is 2.38. The number of hydrogen-bond acceptors (Lipinski definition) is 5. The molecule has 3 unspecified atom stereocenters. The second-order valence-corrected chi connectivity index (χ2v) is 8.17. The van der Waals surface area contributed by atoms with E-state index in [0.717, 1.165) is 11.1 Å². The Morgan fingerprint density at radius 1 is 1.23 bits per heavy atom. The van der Waals surface area contributed by atoms with E-state index in [1.54, 1.807) is 33.1 Å². The average molecular weight is 447 g/mol. The van der Waals surface area contributed by atoms with Gasteiger partial charge >= 0.3 is 12.1 Å². The number of rotatable bonds is 7. The summed E-state index contributed by atoms with van der Waals surface area (Å²) in [6, 6.07) is 13.0. The molecule has 2 aromatic rings. The summed E-state index contributed by atoms with van der Waals surface area (Å²) in [6.45, 7) is 3.90. The van der Waals surface area contributed by atoms with Crippen LogP contribution in [0, 0.1) is 0 Å². The number of nitrogens with one attached hydrogen (secondary N) is 1. The molecule has 1 aliphatic rings. The largest absolute Gasteiger partial charge is 0.496 e. The molecule has 31 heavy (non-hydrogen) atoms. The molecule has 7 nitrogen and oxygen atoms in total. The quantitative estimate of drug-likeness (QED) is 0.661. The molecular formula is C23H27ClN2O5. The third kappa shape index (κ3) is 5.29. The summed E-state index contributed by atoms with van der Waals surface area (Å²) in [5.41, 5.74) is 1.72. The molecule has 0 bridgehead atoms. The van der Waals surface area contributed by atoms with Gasteiger partial charge in [-0.1, -0.05) is 48.0 Å². The Labute approximate surface area is 186 Å². The third-order valence-electron chi connectivity index (χ3n) is 5.27. The normalized spacial score (nSPS) is 20.7. The maximum atomic E-state index is 12.9. The topological polar surface area (TPSA) is 88.1 Å². The molecule has 2 aromatic carbocycles. The summed E-state index contributed by atoms with van der Waals surface area (Å²) >= 11 is 6.05. The number of nitrogens with zero attached hydrogens (tertiary/aromatic N) is 1. The second-order valence-electron chi connectivity index (χ2n) is 7.73. The number of benzene rings is 2. The van der Waals surface area contributed by atoms with Gasteiger partial charge in [-0.2, -0.15) is 0 Å². The van der Waals surface area contributed by atoms with Crippen molar-refractivity contribution in [3.8, 4) is 5.75 Å². The zero-order chi connectivity index (χ0) is 22.5. The second kappa shape index (κ2) is 10.0. The van der Waals surface area contributed by atoms with E-state index in [9.17, 15) is 14.7 Å². The number of carboxylic acids is 1. The van der Waals surface area contributed by atoms with Crippen molar-refractivity contribution in [3.05, 3.63) is 64.7 Å². The van der Waals surface area contributed by atoms with Crippen molar-refractivity contribution in [3.63, 3.8) is 0 Å². The van der Waals surface area contributed by atoms with E-state index in [1.807, 2.05) is 36.4 Å². The number of carboxylic acid groups (broad SMARTS) is 1. The van der Waals surface area contributed by atoms with Gasteiger partial charge in [-0.3, -0.25) is 4.90 Å². The lowest BCUT2D eigenvalue weighted by molar-refractivity contribution is -0.142. The smallest absolute Gasteiger partial charge is 0.411 e. The van der Waals surface area contributed by atoms with Gasteiger partial charge in [0.2, 0.25) is 0 Å². The molecule has 1 saturated heterocycles. The summed E-state index contributed by atoms with van der Waals surface area (Å²) in [4.78, 5) is 26.3. The van der Waals surface area contributed by atoms with Gasteiger partial charge in [0.1, 0.15) is 11.8 Å². The van der Waals surface area contributed by atoms with Crippen molar-refractivity contribution in [2.75, 3.05) is 7.11 Å². The van der Waals surface area contributed by atoms with Gasteiger partial charge in [0, 0.05) is 23.2 Å². The van der Waals surface area contributed by atoms with Crippen LogP contribution < -0.4 is 10.1 Å². The van der Waals surface area contributed by atoms with Gasteiger partial charge < -0.3 is 19.9 Å². The predicted octanol–water partition coefficient (Wildman–Crippen LogP) is 4.25. The van der Waals surface area contributed by atoms with Gasteiger partial charge in [0.25, 0.3) is 0 Å². The van der Waals surface area contributed by atoms with Crippen LogP contribution in [-0.4, -0.2) is 47.4 Å². The van der Waals surface area contributed by atoms with E-state index in [4.69, 9.17) is 21.1 Å². The zero-order valence-electron chi connectivity index (χ0n) is 17.7. The fourth-order valence-electron chi connectivity index (χ4n) is 3.94. The first kappa shape index (κ1) is 22.9. The lowest BCUT2D eigenvalue weighted by atomic mass is 9.99. The minimum Gasteiger partial charge on any atom is -0.496 e. The van der Waals surface area contributed by atoms with Crippen LogP contribution in [0.4, 0.5) is 4.79 Å². The van der Waals surface area contributed by atoms with Crippen molar-refractivity contribution in [1.82, 2.24) is 10.2 Å². The van der Waals surface area contributed by atoms with Crippen molar-refractivity contribution in [1.29, 1.82) is 0 Å². The average Bonchev–Trinajstić information content (AvgIpc) is 3.13. The van der Waals surface area contributed by atoms with Crippen molar-refractivity contribution in [2.24, 2.45) is 0 Å². The monoisotopic (exact) mass is 446 g/mol. The Bertz CT molecular complexity index is 921. The molecule has 0 spiro atoms. The Hall–Kier alpha value is -2.77. The SMILES string of the molecule is COc1cc(Cl)ccc1CNC1CC(C(=O)O)N(C(=O)OC(C)C)C1c1ccccc1. The number of carbonyl (C=O) groups excluding carboxylic acids is 1. The number of hydrogen-bond donors (Lipinski definition) is 2. The molecule has 166 valence electrons. The van der Waals surface area contributed by atoms with Crippen LogP contribution in [0.25, 0.3) is 0 Å². The number of ether oxygens (including phenoxy) is 2. The molecule has 1 fully saturated rings. The van der Waals surface area contributed by atoms with Gasteiger partial charge in [-0.25, -0.2) is 9.59 Å². The summed E-state index contributed by atoms with van der Waals surface area (Å²) in [5, 5.41) is 13.8. The van der Waals surface area contributed by atoms with Crippen LogP contribution in [0.5, 0.6) is 5.75 Å². The van der Waals surface area contributed by atoms with Crippen LogP contribution in [-0.2, 0) is 16.1 Å². The van der Waals surface area contributed by atoms with E-state index in [0.29, 0.717) is 17.3 Å². The van der Waals surface area contributed by atoms with Crippen LogP contribution in [0.15, 0.2) is 48.5 Å². The van der Waals surface area contributed by atoms with E-state index >= 15 is 0 Å². The summed E-state index contributed by atoms with van der Waals surface area (Å²) < 4.78 is 10.8.